The zero-order valence-electron chi connectivity index (χ0n) is 16.5. The highest BCUT2D eigenvalue weighted by atomic mass is 32.2. The van der Waals surface area contributed by atoms with Crippen molar-refractivity contribution in [2.45, 2.75) is 44.7 Å². The van der Waals surface area contributed by atoms with Crippen LogP contribution in [0.15, 0.2) is 53.4 Å². The topological polar surface area (TPSA) is 114 Å². The second kappa shape index (κ2) is 10.6. The van der Waals surface area contributed by atoms with E-state index < -0.39 is 11.3 Å². The third-order valence-electron chi connectivity index (χ3n) is 4.70. The number of amides is 1. The Balaban J connectivity index is 1.69. The molecule has 2 aromatic rings. The van der Waals surface area contributed by atoms with Crippen LogP contribution >= 0.6 is 11.3 Å². The van der Waals surface area contributed by atoms with Gasteiger partial charge in [0.1, 0.15) is 10.8 Å². The van der Waals surface area contributed by atoms with Crippen LogP contribution in [-0.2, 0) is 28.9 Å². The quantitative estimate of drug-likeness (QED) is 0.513. The molecule has 1 aliphatic carbocycles. The predicted octanol–water partition coefficient (Wildman–Crippen LogP) is 2.84. The number of hydrogen-bond acceptors (Lipinski definition) is 6. The number of nitrogens with zero attached hydrogens (tertiary/aromatic N) is 1. The third-order valence-corrected chi connectivity index (χ3v) is 6.21. The molecule has 3 rings (SSSR count). The molecule has 0 radical (unpaired) electrons. The fourth-order valence-corrected chi connectivity index (χ4v) is 4.58. The van der Waals surface area contributed by atoms with E-state index in [9.17, 15) is 18.7 Å². The number of hydrogen-bond donors (Lipinski definition) is 3. The van der Waals surface area contributed by atoms with Crippen LogP contribution in [0.5, 0.6) is 5.75 Å². The van der Waals surface area contributed by atoms with Gasteiger partial charge in [-0.15, -0.1) is 11.3 Å². The van der Waals surface area contributed by atoms with E-state index in [1.807, 2.05) is 30.5 Å². The van der Waals surface area contributed by atoms with Crippen LogP contribution < -0.4 is 10.0 Å². The Labute approximate surface area is 182 Å². The van der Waals surface area contributed by atoms with Crippen LogP contribution in [0.3, 0.4) is 0 Å². The highest BCUT2D eigenvalue weighted by molar-refractivity contribution is 7.77. The molecule has 1 aliphatic rings. The number of aromatic nitrogens is 1. The van der Waals surface area contributed by atoms with Gasteiger partial charge < -0.3 is 15.0 Å². The summed E-state index contributed by atoms with van der Waals surface area (Å²) in [5.41, 5.74) is 2.73. The molecule has 0 fully saturated rings. The van der Waals surface area contributed by atoms with E-state index in [0.29, 0.717) is 12.8 Å². The van der Waals surface area contributed by atoms with Gasteiger partial charge in [-0.05, 0) is 42.5 Å². The number of nitrogens with one attached hydrogen (secondary N) is 2. The SMILES string of the molecule is CCc1csc([C@H](CC2=CCC(NS(=O)[O-])C=C2)NC(=O)Cc2cccc(O)c2)n1. The molecule has 0 bridgehead atoms. The van der Waals surface area contributed by atoms with Crippen LogP contribution in [-0.4, -0.2) is 30.8 Å². The van der Waals surface area contributed by atoms with Gasteiger partial charge in [-0.1, -0.05) is 37.3 Å². The molecule has 3 atom stereocenters. The number of aryl methyl sites for hydroxylation is 1. The first kappa shape index (κ1) is 22.4. The third kappa shape index (κ3) is 6.60. The molecule has 30 heavy (non-hydrogen) atoms. The van der Waals surface area contributed by atoms with Gasteiger partial charge in [0.25, 0.3) is 0 Å². The Morgan fingerprint density at radius 2 is 2.30 bits per heavy atom. The number of phenolic OH excluding ortho intramolecular Hbond substituents is 1. The van der Waals surface area contributed by atoms with Crippen molar-refractivity contribution in [3.8, 4) is 5.75 Å². The highest BCUT2D eigenvalue weighted by Crippen LogP contribution is 2.27. The molecule has 3 N–H and O–H groups in total. The fourth-order valence-electron chi connectivity index (χ4n) is 3.21. The van der Waals surface area contributed by atoms with E-state index in [2.05, 4.69) is 15.0 Å². The Kier molecular flexibility index (Phi) is 7.92. The van der Waals surface area contributed by atoms with Gasteiger partial charge in [0.05, 0.1) is 18.2 Å². The molecule has 160 valence electrons. The fraction of sp³-hybridized carbons (Fsp3) is 0.333. The van der Waals surface area contributed by atoms with Crippen molar-refractivity contribution in [1.29, 1.82) is 0 Å². The van der Waals surface area contributed by atoms with Crippen LogP contribution in [0, 0.1) is 0 Å². The summed E-state index contributed by atoms with van der Waals surface area (Å²) in [7, 11) is 0. The molecule has 1 amide bonds. The van der Waals surface area contributed by atoms with Gasteiger partial charge in [0.15, 0.2) is 0 Å². The minimum Gasteiger partial charge on any atom is -0.760 e. The van der Waals surface area contributed by atoms with Crippen molar-refractivity contribution in [2.24, 2.45) is 0 Å². The standard InChI is InChI=1S/C21H25N3O4S2/c1-2-16-13-29-21(22-16)19(11-14-6-8-17(9-7-14)24-30(27)28)23-20(26)12-15-4-3-5-18(25)10-15/h3-8,10,13,17,19,24-25H,2,9,11-12H2,1H3,(H,23,26)(H,27,28)/p-1/t17?,19-/m0/s1. The van der Waals surface area contributed by atoms with Crippen molar-refractivity contribution in [1.82, 2.24) is 15.0 Å². The molecule has 2 unspecified atom stereocenters. The van der Waals surface area contributed by atoms with Crippen LogP contribution in [0.1, 0.15) is 42.1 Å². The van der Waals surface area contributed by atoms with Crippen LogP contribution in [0.4, 0.5) is 0 Å². The molecular formula is C21H24N3O4S2-. The summed E-state index contributed by atoms with van der Waals surface area (Å²) in [6.07, 6.45) is 7.78. The smallest absolute Gasteiger partial charge is 0.224 e. The maximum atomic E-state index is 12.7. The van der Waals surface area contributed by atoms with Crippen molar-refractivity contribution < 1.29 is 18.7 Å². The summed E-state index contributed by atoms with van der Waals surface area (Å²) in [5.74, 6) is -0.0236. The summed E-state index contributed by atoms with van der Waals surface area (Å²) < 4.78 is 24.0. The molecule has 7 nitrogen and oxygen atoms in total. The first-order chi connectivity index (χ1) is 14.4. The zero-order valence-corrected chi connectivity index (χ0v) is 18.2. The predicted molar refractivity (Wildman–Crippen MR) is 116 cm³/mol. The molecule has 0 saturated carbocycles. The lowest BCUT2D eigenvalue weighted by molar-refractivity contribution is -0.121. The number of thiazole rings is 1. The van der Waals surface area contributed by atoms with Crippen molar-refractivity contribution in [3.05, 3.63) is 69.7 Å². The van der Waals surface area contributed by atoms with Crippen molar-refractivity contribution >= 4 is 28.5 Å². The average Bonchev–Trinajstić information content (AvgIpc) is 3.18. The molecule has 1 heterocycles. The van der Waals surface area contributed by atoms with E-state index in [1.54, 1.807) is 24.3 Å². The van der Waals surface area contributed by atoms with Gasteiger partial charge in [-0.25, -0.2) is 9.71 Å². The van der Waals surface area contributed by atoms with Gasteiger partial charge >= 0.3 is 0 Å². The number of benzene rings is 1. The summed E-state index contributed by atoms with van der Waals surface area (Å²) in [6.45, 7) is 2.04. The van der Waals surface area contributed by atoms with Gasteiger partial charge in [0, 0.05) is 22.7 Å². The molecule has 0 saturated heterocycles. The number of carbonyl (C=O) groups is 1. The largest absolute Gasteiger partial charge is 0.760 e. The number of carbonyl (C=O) groups excluding carboxylic acids is 1. The first-order valence-electron chi connectivity index (χ1n) is 9.67. The Morgan fingerprint density at radius 3 is 2.93 bits per heavy atom. The molecule has 0 aliphatic heterocycles. The Bertz CT molecular complexity index is 971. The van der Waals surface area contributed by atoms with Crippen molar-refractivity contribution in [3.63, 3.8) is 0 Å². The molecule has 1 aromatic heterocycles. The van der Waals surface area contributed by atoms with E-state index in [-0.39, 0.29) is 30.2 Å². The second-order valence-electron chi connectivity index (χ2n) is 7.03. The lowest BCUT2D eigenvalue weighted by Crippen LogP contribution is -2.31. The number of phenols is 1. The summed E-state index contributed by atoms with van der Waals surface area (Å²) in [5, 5.41) is 15.5. The summed E-state index contributed by atoms with van der Waals surface area (Å²) >= 11 is -0.786. The maximum absolute atomic E-state index is 12.7. The van der Waals surface area contributed by atoms with Gasteiger partial charge in [-0.2, -0.15) is 0 Å². The van der Waals surface area contributed by atoms with Crippen molar-refractivity contribution in [2.75, 3.05) is 0 Å². The molecule has 0 spiro atoms. The summed E-state index contributed by atoms with van der Waals surface area (Å²) in [6, 6.07) is 6.12. The minimum atomic E-state index is -2.31. The zero-order chi connectivity index (χ0) is 21.5. The number of aromatic hydroxyl groups is 1. The Hall–Kier alpha value is -2.33. The lowest BCUT2D eigenvalue weighted by Gasteiger charge is -2.22. The number of rotatable bonds is 9. The lowest BCUT2D eigenvalue weighted by atomic mass is 9.98. The van der Waals surface area contributed by atoms with E-state index >= 15 is 0 Å². The van der Waals surface area contributed by atoms with E-state index in [4.69, 9.17) is 0 Å². The first-order valence-corrected chi connectivity index (χ1v) is 11.6. The van der Waals surface area contributed by atoms with Crippen LogP contribution in [0.2, 0.25) is 0 Å². The van der Waals surface area contributed by atoms with Crippen LogP contribution in [0.25, 0.3) is 0 Å². The monoisotopic (exact) mass is 446 g/mol. The summed E-state index contributed by atoms with van der Waals surface area (Å²) in [4.78, 5) is 17.3. The number of allylic oxidation sites excluding steroid dienone is 1. The average molecular weight is 447 g/mol. The van der Waals surface area contributed by atoms with E-state index in [0.717, 1.165) is 28.3 Å². The molecule has 1 aromatic carbocycles. The Morgan fingerprint density at radius 1 is 1.47 bits per heavy atom. The molecule has 9 heteroatoms. The normalized spacial score (nSPS) is 17.9. The maximum Gasteiger partial charge on any atom is 0.224 e. The minimum absolute atomic E-state index is 0.129. The second-order valence-corrected chi connectivity index (χ2v) is 8.63. The molecular weight excluding hydrogens is 422 g/mol. The van der Waals surface area contributed by atoms with Gasteiger partial charge in [-0.3, -0.25) is 9.00 Å². The highest BCUT2D eigenvalue weighted by Gasteiger charge is 2.21. The van der Waals surface area contributed by atoms with E-state index in [1.165, 1.54) is 11.3 Å². The van der Waals surface area contributed by atoms with Gasteiger partial charge in [0.2, 0.25) is 5.91 Å².